The maximum atomic E-state index is 5.55. The minimum Gasteiger partial charge on any atom is -0.330 e. The predicted molar refractivity (Wildman–Crippen MR) is 66.0 cm³/mol. The van der Waals surface area contributed by atoms with E-state index in [1.54, 1.807) is 6.20 Å². The minimum absolute atomic E-state index is 0.706. The summed E-state index contributed by atoms with van der Waals surface area (Å²) in [6.07, 6.45) is 5.21. The number of aryl methyl sites for hydroxylation is 1. The summed E-state index contributed by atoms with van der Waals surface area (Å²) < 4.78 is 1.86. The third kappa shape index (κ3) is 2.34. The van der Waals surface area contributed by atoms with E-state index in [9.17, 15) is 0 Å². The van der Waals surface area contributed by atoms with Crippen molar-refractivity contribution >= 4 is 0 Å². The Morgan fingerprint density at radius 1 is 1.35 bits per heavy atom. The first kappa shape index (κ1) is 11.7. The molecule has 0 bridgehead atoms. The lowest BCUT2D eigenvalue weighted by Crippen LogP contribution is -2.03. The Bertz CT molecular complexity index is 489. The first-order valence-electron chi connectivity index (χ1n) is 5.75. The van der Waals surface area contributed by atoms with Crippen molar-refractivity contribution in [1.82, 2.24) is 19.7 Å². The molecule has 2 aromatic rings. The quantitative estimate of drug-likeness (QED) is 0.857. The molecular weight excluding hydrogens is 214 g/mol. The summed E-state index contributed by atoms with van der Waals surface area (Å²) in [6.45, 7) is 4.79. The van der Waals surface area contributed by atoms with Gasteiger partial charge in [0.1, 0.15) is 6.33 Å². The first-order chi connectivity index (χ1) is 8.24. The van der Waals surface area contributed by atoms with E-state index in [2.05, 4.69) is 22.0 Å². The van der Waals surface area contributed by atoms with E-state index >= 15 is 0 Å². The predicted octanol–water partition coefficient (Wildman–Crippen LogP) is 1.17. The van der Waals surface area contributed by atoms with Gasteiger partial charge in [0.15, 0.2) is 5.82 Å². The van der Waals surface area contributed by atoms with Crippen LogP contribution in [0.2, 0.25) is 0 Å². The lowest BCUT2D eigenvalue weighted by atomic mass is 10.1. The molecule has 0 spiro atoms. The molecule has 2 N–H and O–H groups in total. The van der Waals surface area contributed by atoms with Gasteiger partial charge in [-0.3, -0.25) is 0 Å². The van der Waals surface area contributed by atoms with Gasteiger partial charge in [0.05, 0.1) is 5.69 Å². The van der Waals surface area contributed by atoms with E-state index < -0.39 is 0 Å². The maximum Gasteiger partial charge on any atom is 0.156 e. The van der Waals surface area contributed by atoms with Gasteiger partial charge < -0.3 is 5.73 Å². The lowest BCUT2D eigenvalue weighted by molar-refractivity contribution is 0.795. The van der Waals surface area contributed by atoms with E-state index in [4.69, 9.17) is 5.73 Å². The molecule has 0 unspecified atom stereocenters. The van der Waals surface area contributed by atoms with Gasteiger partial charge in [-0.2, -0.15) is 5.10 Å². The Labute approximate surface area is 101 Å². The summed E-state index contributed by atoms with van der Waals surface area (Å²) in [4.78, 5) is 8.12. The van der Waals surface area contributed by atoms with Crippen LogP contribution in [0.5, 0.6) is 0 Å². The molecule has 0 aliphatic heterocycles. The molecule has 0 amide bonds. The SMILES string of the molecule is Cc1nn(-c2ccncn2)c(C)c1CCCN. The molecule has 0 fully saturated rings. The standard InChI is InChI=1S/C12H17N5/c1-9-11(4-3-6-13)10(2)17(16-9)12-5-7-14-8-15-12/h5,7-8H,3-4,6,13H2,1-2H3. The number of rotatable bonds is 4. The fraction of sp³-hybridized carbons (Fsp3) is 0.417. The normalized spacial score (nSPS) is 10.8. The number of hydrogen-bond acceptors (Lipinski definition) is 4. The maximum absolute atomic E-state index is 5.55. The average molecular weight is 231 g/mol. The molecule has 90 valence electrons. The molecule has 17 heavy (non-hydrogen) atoms. The van der Waals surface area contributed by atoms with E-state index in [0.29, 0.717) is 6.54 Å². The molecule has 0 aliphatic rings. The fourth-order valence-corrected chi connectivity index (χ4v) is 1.95. The second-order valence-corrected chi connectivity index (χ2v) is 4.02. The summed E-state index contributed by atoms with van der Waals surface area (Å²) in [5.74, 6) is 0.805. The number of nitrogens with zero attached hydrogens (tertiary/aromatic N) is 4. The summed E-state index contributed by atoms with van der Waals surface area (Å²) in [7, 11) is 0. The molecule has 0 saturated heterocycles. The van der Waals surface area contributed by atoms with Crippen LogP contribution in [0, 0.1) is 13.8 Å². The van der Waals surface area contributed by atoms with E-state index in [1.807, 2.05) is 17.7 Å². The third-order valence-electron chi connectivity index (χ3n) is 2.86. The highest BCUT2D eigenvalue weighted by atomic mass is 15.3. The first-order valence-corrected chi connectivity index (χ1v) is 5.75. The van der Waals surface area contributed by atoms with Crippen LogP contribution in [0.1, 0.15) is 23.4 Å². The molecule has 2 heterocycles. The molecule has 0 aromatic carbocycles. The third-order valence-corrected chi connectivity index (χ3v) is 2.86. The zero-order valence-electron chi connectivity index (χ0n) is 10.2. The highest BCUT2D eigenvalue weighted by Crippen LogP contribution is 2.17. The topological polar surface area (TPSA) is 69.6 Å². The van der Waals surface area contributed by atoms with Gasteiger partial charge in [-0.25, -0.2) is 14.6 Å². The Balaban J connectivity index is 2.37. The number of aromatic nitrogens is 4. The van der Waals surface area contributed by atoms with E-state index in [-0.39, 0.29) is 0 Å². The zero-order chi connectivity index (χ0) is 12.3. The van der Waals surface area contributed by atoms with Crippen molar-refractivity contribution in [3.05, 3.63) is 35.5 Å². The highest BCUT2D eigenvalue weighted by Gasteiger charge is 2.12. The Kier molecular flexibility index (Phi) is 3.49. The van der Waals surface area contributed by atoms with Crippen molar-refractivity contribution in [3.8, 4) is 5.82 Å². The zero-order valence-corrected chi connectivity index (χ0v) is 10.2. The molecule has 5 heteroatoms. The van der Waals surface area contributed by atoms with Crippen molar-refractivity contribution in [2.75, 3.05) is 6.54 Å². The molecule has 0 saturated carbocycles. The summed E-state index contributed by atoms with van der Waals surface area (Å²) >= 11 is 0. The van der Waals surface area contributed by atoms with E-state index in [0.717, 1.165) is 30.0 Å². The van der Waals surface area contributed by atoms with Gasteiger partial charge in [-0.1, -0.05) is 0 Å². The van der Waals surface area contributed by atoms with Crippen molar-refractivity contribution in [2.45, 2.75) is 26.7 Å². The van der Waals surface area contributed by atoms with Crippen LogP contribution in [0.4, 0.5) is 0 Å². The van der Waals surface area contributed by atoms with Crippen LogP contribution in [0.15, 0.2) is 18.6 Å². The van der Waals surface area contributed by atoms with Crippen molar-refractivity contribution < 1.29 is 0 Å². The van der Waals surface area contributed by atoms with Crippen molar-refractivity contribution in [3.63, 3.8) is 0 Å². The van der Waals surface area contributed by atoms with E-state index in [1.165, 1.54) is 11.9 Å². The van der Waals surface area contributed by atoms with Crippen molar-refractivity contribution in [1.29, 1.82) is 0 Å². The smallest absolute Gasteiger partial charge is 0.156 e. The van der Waals surface area contributed by atoms with Crippen molar-refractivity contribution in [2.24, 2.45) is 5.73 Å². The molecule has 0 atom stereocenters. The molecule has 0 aliphatic carbocycles. The molecule has 5 nitrogen and oxygen atoms in total. The molecule has 2 rings (SSSR count). The monoisotopic (exact) mass is 231 g/mol. The lowest BCUT2D eigenvalue weighted by Gasteiger charge is -2.03. The van der Waals surface area contributed by atoms with Crippen LogP contribution >= 0.6 is 0 Å². The van der Waals surface area contributed by atoms with Crippen LogP contribution in [0.3, 0.4) is 0 Å². The molecule has 0 radical (unpaired) electrons. The number of nitrogens with two attached hydrogens (primary N) is 1. The van der Waals surface area contributed by atoms with Gasteiger partial charge in [0.25, 0.3) is 0 Å². The van der Waals surface area contributed by atoms with Crippen LogP contribution < -0.4 is 5.73 Å². The number of hydrogen-bond donors (Lipinski definition) is 1. The van der Waals surface area contributed by atoms with Crippen LogP contribution in [-0.2, 0) is 6.42 Å². The van der Waals surface area contributed by atoms with Gasteiger partial charge in [-0.15, -0.1) is 0 Å². The molecular formula is C12H17N5. The Morgan fingerprint density at radius 2 is 2.18 bits per heavy atom. The second kappa shape index (κ2) is 5.05. The molecule has 2 aromatic heterocycles. The minimum atomic E-state index is 0.706. The summed E-state index contributed by atoms with van der Waals surface area (Å²) in [5.41, 5.74) is 9.00. The van der Waals surface area contributed by atoms with Gasteiger partial charge in [0, 0.05) is 18.0 Å². The fourth-order valence-electron chi connectivity index (χ4n) is 1.95. The van der Waals surface area contributed by atoms with Gasteiger partial charge in [0.2, 0.25) is 0 Å². The summed E-state index contributed by atoms with van der Waals surface area (Å²) in [6, 6.07) is 1.85. The average Bonchev–Trinajstić information content (AvgIpc) is 2.64. The van der Waals surface area contributed by atoms with Crippen LogP contribution in [0.25, 0.3) is 5.82 Å². The highest BCUT2D eigenvalue weighted by molar-refractivity contribution is 5.31. The summed E-state index contributed by atoms with van der Waals surface area (Å²) in [5, 5.41) is 4.52. The Morgan fingerprint density at radius 3 is 2.82 bits per heavy atom. The largest absolute Gasteiger partial charge is 0.330 e. The second-order valence-electron chi connectivity index (χ2n) is 4.02. The van der Waals surface area contributed by atoms with Gasteiger partial charge in [-0.05, 0) is 38.8 Å². The Hall–Kier alpha value is -1.75. The van der Waals surface area contributed by atoms with Gasteiger partial charge >= 0.3 is 0 Å². The van der Waals surface area contributed by atoms with Crippen LogP contribution in [-0.4, -0.2) is 26.3 Å².